The molecule has 0 fully saturated rings. The highest BCUT2D eigenvalue weighted by Crippen LogP contribution is 2.20. The molecule has 0 aliphatic rings. The molecule has 0 spiro atoms. The SMILES string of the molecule is CC(=O)C=C(Cl)c1ccc(Cl)cc1. The van der Waals surface area contributed by atoms with Gasteiger partial charge in [-0.1, -0.05) is 35.3 Å². The number of rotatable bonds is 2. The molecule has 0 atom stereocenters. The predicted molar refractivity (Wildman–Crippen MR) is 56.0 cm³/mol. The van der Waals surface area contributed by atoms with Crippen molar-refractivity contribution in [3.05, 3.63) is 40.9 Å². The van der Waals surface area contributed by atoms with Crippen LogP contribution in [0.3, 0.4) is 0 Å². The molecule has 0 aliphatic carbocycles. The van der Waals surface area contributed by atoms with E-state index in [1.165, 1.54) is 13.0 Å². The van der Waals surface area contributed by atoms with Gasteiger partial charge < -0.3 is 0 Å². The standard InChI is InChI=1S/C10H8Cl2O/c1-7(13)6-10(12)8-2-4-9(11)5-3-8/h2-6H,1H3. The van der Waals surface area contributed by atoms with E-state index in [2.05, 4.69) is 0 Å². The highest BCUT2D eigenvalue weighted by atomic mass is 35.5. The van der Waals surface area contributed by atoms with Crippen molar-refractivity contribution in [2.24, 2.45) is 0 Å². The average Bonchev–Trinajstić information content (AvgIpc) is 2.04. The Balaban J connectivity index is 2.96. The van der Waals surface area contributed by atoms with Crippen molar-refractivity contribution < 1.29 is 4.79 Å². The van der Waals surface area contributed by atoms with Gasteiger partial charge in [0, 0.05) is 11.1 Å². The van der Waals surface area contributed by atoms with Crippen molar-refractivity contribution in [2.45, 2.75) is 6.92 Å². The molecule has 1 nitrogen and oxygen atoms in total. The second kappa shape index (κ2) is 4.45. The third kappa shape index (κ3) is 3.21. The van der Waals surface area contributed by atoms with Crippen LogP contribution in [-0.4, -0.2) is 5.78 Å². The molecule has 0 saturated heterocycles. The van der Waals surface area contributed by atoms with E-state index in [4.69, 9.17) is 23.2 Å². The minimum atomic E-state index is -0.0695. The summed E-state index contributed by atoms with van der Waals surface area (Å²) < 4.78 is 0. The zero-order valence-corrected chi connectivity index (χ0v) is 8.56. The van der Waals surface area contributed by atoms with Crippen molar-refractivity contribution >= 4 is 34.0 Å². The van der Waals surface area contributed by atoms with Crippen molar-refractivity contribution in [1.82, 2.24) is 0 Å². The van der Waals surface area contributed by atoms with Crippen LogP contribution in [0.2, 0.25) is 5.02 Å². The van der Waals surface area contributed by atoms with Crippen LogP contribution < -0.4 is 0 Å². The first-order valence-electron chi connectivity index (χ1n) is 3.73. The number of carbonyl (C=O) groups excluding carboxylic acids is 1. The monoisotopic (exact) mass is 214 g/mol. The molecule has 0 radical (unpaired) electrons. The molecular weight excluding hydrogens is 207 g/mol. The molecule has 0 aliphatic heterocycles. The topological polar surface area (TPSA) is 17.1 Å². The van der Waals surface area contributed by atoms with E-state index in [0.717, 1.165) is 5.56 Å². The lowest BCUT2D eigenvalue weighted by molar-refractivity contribution is -0.112. The van der Waals surface area contributed by atoms with Gasteiger partial charge in [-0.05, 0) is 24.6 Å². The summed E-state index contributed by atoms with van der Waals surface area (Å²) in [4.78, 5) is 10.7. The Morgan fingerprint density at radius 2 is 1.85 bits per heavy atom. The Hall–Kier alpha value is -0.790. The van der Waals surface area contributed by atoms with E-state index < -0.39 is 0 Å². The van der Waals surface area contributed by atoms with Gasteiger partial charge in [0.05, 0.1) is 5.03 Å². The Morgan fingerprint density at radius 1 is 1.31 bits per heavy atom. The van der Waals surface area contributed by atoms with Gasteiger partial charge in [-0.25, -0.2) is 0 Å². The number of hydrogen-bond acceptors (Lipinski definition) is 1. The largest absolute Gasteiger partial charge is 0.295 e. The lowest BCUT2D eigenvalue weighted by Crippen LogP contribution is -1.83. The van der Waals surface area contributed by atoms with Crippen molar-refractivity contribution in [1.29, 1.82) is 0 Å². The minimum Gasteiger partial charge on any atom is -0.295 e. The molecule has 0 aromatic heterocycles. The van der Waals surface area contributed by atoms with E-state index in [9.17, 15) is 4.79 Å². The zero-order chi connectivity index (χ0) is 9.84. The summed E-state index contributed by atoms with van der Waals surface area (Å²) in [6, 6.07) is 6.99. The van der Waals surface area contributed by atoms with Crippen LogP contribution in [0.1, 0.15) is 12.5 Å². The molecule has 0 bridgehead atoms. The van der Waals surface area contributed by atoms with Gasteiger partial charge in [0.25, 0.3) is 0 Å². The Bertz CT molecular complexity index is 338. The average molecular weight is 215 g/mol. The number of hydrogen-bond donors (Lipinski definition) is 0. The third-order valence-corrected chi connectivity index (χ3v) is 2.03. The number of ketones is 1. The first kappa shape index (κ1) is 10.3. The van der Waals surface area contributed by atoms with Crippen molar-refractivity contribution in [2.75, 3.05) is 0 Å². The summed E-state index contributed by atoms with van der Waals surface area (Å²) >= 11 is 11.5. The van der Waals surface area contributed by atoms with Crippen LogP contribution in [0.15, 0.2) is 30.3 Å². The molecular formula is C10H8Cl2O. The van der Waals surface area contributed by atoms with Crippen LogP contribution in [0.25, 0.3) is 5.03 Å². The van der Waals surface area contributed by atoms with E-state index in [1.807, 2.05) is 0 Å². The molecule has 1 rings (SSSR count). The number of carbonyl (C=O) groups is 1. The maximum absolute atomic E-state index is 10.7. The number of allylic oxidation sites excluding steroid dienone is 1. The minimum absolute atomic E-state index is 0.0695. The summed E-state index contributed by atoms with van der Waals surface area (Å²) in [5.74, 6) is -0.0695. The molecule has 68 valence electrons. The highest BCUT2D eigenvalue weighted by molar-refractivity contribution is 6.50. The molecule has 0 amide bonds. The predicted octanol–water partition coefficient (Wildman–Crippen LogP) is 3.51. The molecule has 0 unspecified atom stereocenters. The molecule has 1 aromatic rings. The van der Waals surface area contributed by atoms with E-state index in [1.54, 1.807) is 24.3 Å². The summed E-state index contributed by atoms with van der Waals surface area (Å²) in [7, 11) is 0. The van der Waals surface area contributed by atoms with Gasteiger partial charge in [0.1, 0.15) is 0 Å². The second-order valence-electron chi connectivity index (χ2n) is 2.61. The molecule has 0 saturated carbocycles. The van der Waals surface area contributed by atoms with E-state index in [-0.39, 0.29) is 5.78 Å². The summed E-state index contributed by atoms with van der Waals surface area (Å²) in [5, 5.41) is 1.08. The summed E-state index contributed by atoms with van der Waals surface area (Å²) in [5.41, 5.74) is 0.793. The fourth-order valence-corrected chi connectivity index (χ4v) is 1.28. The van der Waals surface area contributed by atoms with Crippen molar-refractivity contribution in [3.63, 3.8) is 0 Å². The van der Waals surface area contributed by atoms with Gasteiger partial charge in [-0.15, -0.1) is 0 Å². The smallest absolute Gasteiger partial charge is 0.154 e. The Kier molecular flexibility index (Phi) is 3.52. The summed E-state index contributed by atoms with van der Waals surface area (Å²) in [6.45, 7) is 1.46. The van der Waals surface area contributed by atoms with Crippen LogP contribution in [0.5, 0.6) is 0 Å². The van der Waals surface area contributed by atoms with Crippen LogP contribution in [-0.2, 0) is 4.79 Å². The van der Waals surface area contributed by atoms with E-state index >= 15 is 0 Å². The Labute approximate surface area is 87.0 Å². The number of halogens is 2. The summed E-state index contributed by atoms with van der Waals surface area (Å²) in [6.07, 6.45) is 1.38. The highest BCUT2D eigenvalue weighted by Gasteiger charge is 1.98. The second-order valence-corrected chi connectivity index (χ2v) is 3.45. The van der Waals surface area contributed by atoms with Crippen LogP contribution in [0, 0.1) is 0 Å². The van der Waals surface area contributed by atoms with E-state index in [0.29, 0.717) is 10.1 Å². The lowest BCUT2D eigenvalue weighted by atomic mass is 10.2. The fraction of sp³-hybridized carbons (Fsp3) is 0.100. The third-order valence-electron chi connectivity index (χ3n) is 1.45. The number of benzene rings is 1. The van der Waals surface area contributed by atoms with Gasteiger partial charge in [0.2, 0.25) is 0 Å². The molecule has 13 heavy (non-hydrogen) atoms. The lowest BCUT2D eigenvalue weighted by Gasteiger charge is -1.97. The maximum atomic E-state index is 10.7. The first-order chi connectivity index (χ1) is 6.09. The maximum Gasteiger partial charge on any atom is 0.154 e. The molecule has 1 aromatic carbocycles. The first-order valence-corrected chi connectivity index (χ1v) is 4.49. The Morgan fingerprint density at radius 3 is 2.31 bits per heavy atom. The van der Waals surface area contributed by atoms with Crippen LogP contribution in [0.4, 0.5) is 0 Å². The quantitative estimate of drug-likeness (QED) is 0.690. The van der Waals surface area contributed by atoms with Gasteiger partial charge in [-0.2, -0.15) is 0 Å². The molecule has 0 heterocycles. The molecule has 0 N–H and O–H groups in total. The van der Waals surface area contributed by atoms with Gasteiger partial charge >= 0.3 is 0 Å². The molecule has 3 heteroatoms. The fourth-order valence-electron chi connectivity index (χ4n) is 0.871. The zero-order valence-electron chi connectivity index (χ0n) is 7.05. The van der Waals surface area contributed by atoms with Crippen molar-refractivity contribution in [3.8, 4) is 0 Å². The van der Waals surface area contributed by atoms with Gasteiger partial charge in [-0.3, -0.25) is 4.79 Å². The van der Waals surface area contributed by atoms with Crippen LogP contribution >= 0.6 is 23.2 Å². The van der Waals surface area contributed by atoms with Gasteiger partial charge in [0.15, 0.2) is 5.78 Å². The normalized spacial score (nSPS) is 11.5.